The highest BCUT2D eigenvalue weighted by Gasteiger charge is 2.26. The van der Waals surface area contributed by atoms with E-state index in [1.807, 2.05) is 18.2 Å². The highest BCUT2D eigenvalue weighted by Crippen LogP contribution is 2.38. The van der Waals surface area contributed by atoms with Crippen LogP contribution >= 0.6 is 11.3 Å². The van der Waals surface area contributed by atoms with Gasteiger partial charge >= 0.3 is 5.97 Å². The number of nitrogens with zero attached hydrogens (tertiary/aromatic N) is 2. The zero-order chi connectivity index (χ0) is 13.9. The maximum Gasteiger partial charge on any atom is 0.347 e. The number of thiazole rings is 1. The monoisotopic (exact) mass is 288 g/mol. The van der Waals surface area contributed by atoms with Crippen molar-refractivity contribution < 1.29 is 9.90 Å². The summed E-state index contributed by atoms with van der Waals surface area (Å²) in [5.74, 6) is -0.575. The largest absolute Gasteiger partial charge is 0.477 e. The first-order valence-electron chi connectivity index (χ1n) is 6.91. The van der Waals surface area contributed by atoms with E-state index in [4.69, 9.17) is 0 Å². The molecule has 1 N–H and O–H groups in total. The van der Waals surface area contributed by atoms with Gasteiger partial charge < -0.3 is 5.11 Å². The normalized spacial score (nSPS) is 16.2. The maximum atomic E-state index is 11.5. The molecule has 1 saturated carbocycles. The van der Waals surface area contributed by atoms with Gasteiger partial charge in [0.15, 0.2) is 0 Å². The molecule has 1 aliphatic carbocycles. The molecule has 0 unspecified atom stereocenters. The molecule has 104 valence electrons. The highest BCUT2D eigenvalue weighted by atomic mass is 32.1. The van der Waals surface area contributed by atoms with Crippen LogP contribution in [0.5, 0.6) is 0 Å². The molecule has 0 bridgehead atoms. The first kappa shape index (κ1) is 13.2. The van der Waals surface area contributed by atoms with Gasteiger partial charge in [-0.3, -0.25) is 4.98 Å². The Morgan fingerprint density at radius 2 is 2.05 bits per heavy atom. The fraction of sp³-hybridized carbons (Fsp3) is 0.400. The Bertz CT molecular complexity index is 604. The van der Waals surface area contributed by atoms with Gasteiger partial charge in [-0.1, -0.05) is 25.3 Å². The first-order valence-corrected chi connectivity index (χ1v) is 7.73. The number of pyridine rings is 1. The number of aromatic carboxylic acids is 1. The van der Waals surface area contributed by atoms with Crippen LogP contribution in [0.3, 0.4) is 0 Å². The van der Waals surface area contributed by atoms with E-state index in [-0.39, 0.29) is 0 Å². The van der Waals surface area contributed by atoms with Gasteiger partial charge in [0, 0.05) is 12.1 Å². The highest BCUT2D eigenvalue weighted by molar-refractivity contribution is 7.17. The second kappa shape index (κ2) is 5.71. The molecule has 0 spiro atoms. The molecule has 3 rings (SSSR count). The van der Waals surface area contributed by atoms with Crippen molar-refractivity contribution in [2.45, 2.75) is 38.0 Å². The second-order valence-corrected chi connectivity index (χ2v) is 6.09. The van der Waals surface area contributed by atoms with Gasteiger partial charge in [0.25, 0.3) is 0 Å². The molecular formula is C15H16N2O2S. The van der Waals surface area contributed by atoms with Crippen molar-refractivity contribution in [2.75, 3.05) is 0 Å². The Balaban J connectivity index is 2.00. The molecule has 2 heterocycles. The molecule has 4 nitrogen and oxygen atoms in total. The van der Waals surface area contributed by atoms with Crippen LogP contribution in [0, 0.1) is 0 Å². The smallest absolute Gasteiger partial charge is 0.347 e. The summed E-state index contributed by atoms with van der Waals surface area (Å²) in [5.41, 5.74) is 1.52. The standard InChI is InChI=1S/C15H16N2O2S/c18-15(19)13-12(10-6-2-1-3-7-10)17-14(20-13)11-8-4-5-9-16-11/h4-5,8-10H,1-3,6-7H2,(H,18,19). The van der Waals surface area contributed by atoms with E-state index < -0.39 is 5.97 Å². The third-order valence-electron chi connectivity index (χ3n) is 3.72. The van der Waals surface area contributed by atoms with Gasteiger partial charge in [-0.2, -0.15) is 0 Å². The van der Waals surface area contributed by atoms with E-state index >= 15 is 0 Å². The summed E-state index contributed by atoms with van der Waals surface area (Å²) < 4.78 is 0. The summed E-state index contributed by atoms with van der Waals surface area (Å²) in [6, 6.07) is 5.61. The number of carboxylic acids is 1. The molecule has 1 aliphatic rings. The lowest BCUT2D eigenvalue weighted by Gasteiger charge is -2.20. The number of hydrogen-bond donors (Lipinski definition) is 1. The molecule has 5 heteroatoms. The van der Waals surface area contributed by atoms with Crippen molar-refractivity contribution in [2.24, 2.45) is 0 Å². The first-order chi connectivity index (χ1) is 9.75. The average Bonchev–Trinajstić information content (AvgIpc) is 2.94. The molecule has 2 aromatic heterocycles. The predicted molar refractivity (Wildman–Crippen MR) is 78.1 cm³/mol. The van der Waals surface area contributed by atoms with Gasteiger partial charge in [-0.05, 0) is 25.0 Å². The summed E-state index contributed by atoms with van der Waals surface area (Å²) in [4.78, 5) is 20.7. The van der Waals surface area contributed by atoms with Crippen LogP contribution in [-0.2, 0) is 0 Å². The van der Waals surface area contributed by atoms with E-state index in [1.165, 1.54) is 30.6 Å². The molecule has 0 saturated heterocycles. The second-order valence-electron chi connectivity index (χ2n) is 5.09. The van der Waals surface area contributed by atoms with Gasteiger partial charge in [0.05, 0.1) is 11.4 Å². The molecule has 0 amide bonds. The van der Waals surface area contributed by atoms with Crippen LogP contribution in [0.1, 0.15) is 53.4 Å². The van der Waals surface area contributed by atoms with Crippen molar-refractivity contribution in [3.05, 3.63) is 35.0 Å². The Morgan fingerprint density at radius 3 is 2.70 bits per heavy atom. The van der Waals surface area contributed by atoms with E-state index in [0.29, 0.717) is 15.8 Å². The molecule has 0 atom stereocenters. The minimum Gasteiger partial charge on any atom is -0.477 e. The lowest BCUT2D eigenvalue weighted by molar-refractivity contribution is 0.0700. The summed E-state index contributed by atoms with van der Waals surface area (Å²) >= 11 is 1.24. The number of hydrogen-bond acceptors (Lipinski definition) is 4. The molecular weight excluding hydrogens is 272 g/mol. The third-order valence-corrected chi connectivity index (χ3v) is 4.81. The van der Waals surface area contributed by atoms with Crippen LogP contribution in [0.4, 0.5) is 0 Å². The fourth-order valence-electron chi connectivity index (χ4n) is 2.74. The molecule has 20 heavy (non-hydrogen) atoms. The summed E-state index contributed by atoms with van der Waals surface area (Å²) in [7, 11) is 0. The van der Waals surface area contributed by atoms with Gasteiger partial charge in [-0.25, -0.2) is 9.78 Å². The minimum atomic E-state index is -0.870. The molecule has 2 aromatic rings. The Kier molecular flexibility index (Phi) is 3.78. The van der Waals surface area contributed by atoms with E-state index in [2.05, 4.69) is 9.97 Å². The molecule has 0 aromatic carbocycles. The van der Waals surface area contributed by atoms with Crippen molar-refractivity contribution >= 4 is 17.3 Å². The van der Waals surface area contributed by atoms with Gasteiger partial charge in [-0.15, -0.1) is 11.3 Å². The van der Waals surface area contributed by atoms with Gasteiger partial charge in [0.2, 0.25) is 0 Å². The average molecular weight is 288 g/mol. The fourth-order valence-corrected chi connectivity index (χ4v) is 3.70. The third kappa shape index (κ3) is 2.58. The van der Waals surface area contributed by atoms with E-state index in [9.17, 15) is 9.90 Å². The van der Waals surface area contributed by atoms with E-state index in [1.54, 1.807) is 6.20 Å². The number of carbonyl (C=O) groups is 1. The van der Waals surface area contributed by atoms with Gasteiger partial charge in [0.1, 0.15) is 9.88 Å². The van der Waals surface area contributed by atoms with Crippen LogP contribution in [0.25, 0.3) is 10.7 Å². The van der Waals surface area contributed by atoms with Crippen molar-refractivity contribution in [1.82, 2.24) is 9.97 Å². The lowest BCUT2D eigenvalue weighted by atomic mass is 9.86. The summed E-state index contributed by atoms with van der Waals surface area (Å²) in [6.45, 7) is 0. The number of aromatic nitrogens is 2. The van der Waals surface area contributed by atoms with Crippen molar-refractivity contribution in [3.63, 3.8) is 0 Å². The van der Waals surface area contributed by atoms with Crippen LogP contribution in [0.2, 0.25) is 0 Å². The number of carboxylic acid groups (broad SMARTS) is 1. The van der Waals surface area contributed by atoms with Crippen molar-refractivity contribution in [1.29, 1.82) is 0 Å². The van der Waals surface area contributed by atoms with Crippen LogP contribution in [0.15, 0.2) is 24.4 Å². The lowest BCUT2D eigenvalue weighted by Crippen LogP contribution is -2.09. The predicted octanol–water partition coefficient (Wildman–Crippen LogP) is 3.95. The molecule has 0 radical (unpaired) electrons. The quantitative estimate of drug-likeness (QED) is 0.928. The van der Waals surface area contributed by atoms with E-state index in [0.717, 1.165) is 24.2 Å². The summed E-state index contributed by atoms with van der Waals surface area (Å²) in [6.07, 6.45) is 7.38. The van der Waals surface area contributed by atoms with Crippen LogP contribution < -0.4 is 0 Å². The zero-order valence-electron chi connectivity index (χ0n) is 11.1. The summed E-state index contributed by atoms with van der Waals surface area (Å²) in [5, 5.41) is 10.1. The Morgan fingerprint density at radius 1 is 1.25 bits per heavy atom. The Labute approximate surface area is 121 Å². The van der Waals surface area contributed by atoms with Crippen LogP contribution in [-0.4, -0.2) is 21.0 Å². The topological polar surface area (TPSA) is 63.1 Å². The van der Waals surface area contributed by atoms with Crippen molar-refractivity contribution in [3.8, 4) is 10.7 Å². The molecule has 0 aliphatic heterocycles. The zero-order valence-corrected chi connectivity index (χ0v) is 11.9. The maximum absolute atomic E-state index is 11.5. The molecule has 1 fully saturated rings. The Hall–Kier alpha value is -1.75. The number of rotatable bonds is 3. The minimum absolute atomic E-state index is 0.295. The SMILES string of the molecule is O=C(O)c1sc(-c2ccccn2)nc1C1CCCCC1.